The molecule has 106 valence electrons. The number of hydrogen-bond donors (Lipinski definition) is 0. The van der Waals surface area contributed by atoms with Gasteiger partial charge in [-0.2, -0.15) is 0 Å². The molecule has 0 saturated heterocycles. The van der Waals surface area contributed by atoms with Gasteiger partial charge < -0.3 is 0 Å². The molecule has 0 atom stereocenters. The van der Waals surface area contributed by atoms with Crippen molar-refractivity contribution in [2.75, 3.05) is 0 Å². The Hall–Kier alpha value is -2.50. The van der Waals surface area contributed by atoms with Crippen molar-refractivity contribution >= 4 is 11.2 Å². The van der Waals surface area contributed by atoms with Crippen LogP contribution < -0.4 is 5.69 Å². The molecule has 0 unspecified atom stereocenters. The first-order chi connectivity index (χ1) is 10.3. The van der Waals surface area contributed by atoms with Crippen molar-refractivity contribution in [3.63, 3.8) is 0 Å². The van der Waals surface area contributed by atoms with Crippen LogP contribution in [0.2, 0.25) is 0 Å². The van der Waals surface area contributed by atoms with E-state index in [1.165, 1.54) is 23.6 Å². The summed E-state index contributed by atoms with van der Waals surface area (Å²) in [5.41, 5.74) is 1.34. The van der Waals surface area contributed by atoms with E-state index in [0.29, 0.717) is 12.0 Å². The molecular weight excluding hydrogens is 266 g/mol. The van der Waals surface area contributed by atoms with E-state index in [1.54, 1.807) is 18.5 Å². The molecular formula is C15H15N5O. The smallest absolute Gasteiger partial charge is 0.291 e. The Kier molecular flexibility index (Phi) is 2.80. The zero-order valence-corrected chi connectivity index (χ0v) is 11.5. The molecule has 0 amide bonds. The number of hydrogen-bond acceptors (Lipinski definition) is 4. The van der Waals surface area contributed by atoms with Crippen LogP contribution in [0.1, 0.15) is 31.7 Å². The predicted molar refractivity (Wildman–Crippen MR) is 78.4 cm³/mol. The fourth-order valence-electron chi connectivity index (χ4n) is 3.10. The van der Waals surface area contributed by atoms with Crippen LogP contribution in [0.15, 0.2) is 41.6 Å². The molecule has 0 bridgehead atoms. The van der Waals surface area contributed by atoms with E-state index in [4.69, 9.17) is 0 Å². The van der Waals surface area contributed by atoms with Crippen molar-refractivity contribution in [3.8, 4) is 5.95 Å². The largest absolute Gasteiger partial charge is 0.354 e. The van der Waals surface area contributed by atoms with Gasteiger partial charge in [0.1, 0.15) is 5.52 Å². The highest BCUT2D eigenvalue weighted by Crippen LogP contribution is 2.33. The number of imidazole rings is 1. The Labute approximate surface area is 121 Å². The van der Waals surface area contributed by atoms with Crippen molar-refractivity contribution in [1.82, 2.24) is 24.1 Å². The Bertz CT molecular complexity index is 844. The van der Waals surface area contributed by atoms with Gasteiger partial charge in [0.2, 0.25) is 5.95 Å². The first-order valence-corrected chi connectivity index (χ1v) is 7.21. The molecule has 1 fully saturated rings. The van der Waals surface area contributed by atoms with Crippen LogP contribution >= 0.6 is 0 Å². The van der Waals surface area contributed by atoms with E-state index >= 15 is 0 Å². The molecule has 3 aromatic heterocycles. The lowest BCUT2D eigenvalue weighted by molar-refractivity contribution is 0.516. The maximum atomic E-state index is 12.0. The zero-order valence-electron chi connectivity index (χ0n) is 11.5. The van der Waals surface area contributed by atoms with E-state index in [-0.39, 0.29) is 5.69 Å². The van der Waals surface area contributed by atoms with Crippen molar-refractivity contribution in [3.05, 3.63) is 47.3 Å². The minimum atomic E-state index is -0.313. The highest BCUT2D eigenvalue weighted by molar-refractivity contribution is 5.73. The lowest BCUT2D eigenvalue weighted by Gasteiger charge is -2.15. The molecule has 6 nitrogen and oxygen atoms in total. The predicted octanol–water partition coefficient (Wildman–Crippen LogP) is 2.09. The van der Waals surface area contributed by atoms with Crippen LogP contribution in [-0.4, -0.2) is 24.1 Å². The molecule has 1 aliphatic carbocycles. The average Bonchev–Trinajstić information content (AvgIpc) is 3.14. The van der Waals surface area contributed by atoms with Gasteiger partial charge in [0, 0.05) is 24.6 Å². The third-order valence-corrected chi connectivity index (χ3v) is 4.05. The first-order valence-electron chi connectivity index (χ1n) is 7.21. The molecule has 1 saturated carbocycles. The zero-order chi connectivity index (χ0) is 14.2. The fraction of sp³-hybridized carbons (Fsp3) is 0.333. The fourth-order valence-corrected chi connectivity index (χ4v) is 3.10. The number of nitrogens with zero attached hydrogens (tertiary/aromatic N) is 5. The Morgan fingerprint density at radius 1 is 1.10 bits per heavy atom. The standard InChI is InChI=1S/C15H15N5O/c21-15-17-9-4-10-19(15)14-18-12-7-3-8-16-13(12)20(14)11-5-1-2-6-11/h3-4,7-11H,1-2,5-6H2. The van der Waals surface area contributed by atoms with Crippen LogP contribution in [-0.2, 0) is 0 Å². The second-order valence-corrected chi connectivity index (χ2v) is 5.34. The molecule has 21 heavy (non-hydrogen) atoms. The summed E-state index contributed by atoms with van der Waals surface area (Å²) in [5, 5.41) is 0. The van der Waals surface area contributed by atoms with Gasteiger partial charge >= 0.3 is 5.69 Å². The summed E-state index contributed by atoms with van der Waals surface area (Å²) < 4.78 is 3.60. The third-order valence-electron chi connectivity index (χ3n) is 4.05. The summed E-state index contributed by atoms with van der Waals surface area (Å²) >= 11 is 0. The second kappa shape index (κ2) is 4.80. The minimum absolute atomic E-state index is 0.313. The monoisotopic (exact) mass is 281 g/mol. The number of rotatable bonds is 2. The summed E-state index contributed by atoms with van der Waals surface area (Å²) in [7, 11) is 0. The van der Waals surface area contributed by atoms with Gasteiger partial charge in [-0.05, 0) is 31.0 Å². The van der Waals surface area contributed by atoms with E-state index in [1.807, 2.05) is 12.1 Å². The van der Waals surface area contributed by atoms with Crippen LogP contribution in [0.4, 0.5) is 0 Å². The van der Waals surface area contributed by atoms with Gasteiger partial charge in [-0.25, -0.2) is 24.3 Å². The summed E-state index contributed by atoms with van der Waals surface area (Å²) in [5.74, 6) is 0.619. The first kappa shape index (κ1) is 12.3. The quantitative estimate of drug-likeness (QED) is 0.721. The SMILES string of the molecule is O=c1ncccn1-c1nc2cccnc2n1C1CCCC1. The Morgan fingerprint density at radius 2 is 1.90 bits per heavy atom. The van der Waals surface area contributed by atoms with Crippen LogP contribution in [0.3, 0.4) is 0 Å². The number of fused-ring (bicyclic) bond motifs is 1. The summed E-state index contributed by atoms with van der Waals surface area (Å²) in [6.45, 7) is 0. The van der Waals surface area contributed by atoms with Gasteiger partial charge in [0.25, 0.3) is 0 Å². The lowest BCUT2D eigenvalue weighted by atomic mass is 10.2. The highest BCUT2D eigenvalue weighted by atomic mass is 16.1. The van der Waals surface area contributed by atoms with Crippen molar-refractivity contribution in [1.29, 1.82) is 0 Å². The molecule has 3 aromatic rings. The van der Waals surface area contributed by atoms with Crippen molar-refractivity contribution < 1.29 is 0 Å². The molecule has 0 aromatic carbocycles. The lowest BCUT2D eigenvalue weighted by Crippen LogP contribution is -2.24. The normalized spacial score (nSPS) is 15.8. The van der Waals surface area contributed by atoms with E-state index in [9.17, 15) is 4.79 Å². The third kappa shape index (κ3) is 1.94. The summed E-state index contributed by atoms with van der Waals surface area (Å²) in [6, 6.07) is 5.89. The van der Waals surface area contributed by atoms with Gasteiger partial charge in [0.15, 0.2) is 5.65 Å². The molecule has 4 rings (SSSR count). The Balaban J connectivity index is 2.02. The molecule has 1 aliphatic rings. The maximum absolute atomic E-state index is 12.0. The van der Waals surface area contributed by atoms with Gasteiger partial charge in [-0.15, -0.1) is 0 Å². The molecule has 0 radical (unpaired) electrons. The van der Waals surface area contributed by atoms with Crippen molar-refractivity contribution in [2.45, 2.75) is 31.7 Å². The second-order valence-electron chi connectivity index (χ2n) is 5.34. The van der Waals surface area contributed by atoms with Crippen LogP contribution in [0.25, 0.3) is 17.1 Å². The van der Waals surface area contributed by atoms with Crippen molar-refractivity contribution in [2.24, 2.45) is 0 Å². The van der Waals surface area contributed by atoms with Gasteiger partial charge in [-0.1, -0.05) is 12.8 Å². The van der Waals surface area contributed by atoms with E-state index in [0.717, 1.165) is 24.0 Å². The van der Waals surface area contributed by atoms with Gasteiger partial charge in [0.05, 0.1) is 0 Å². The van der Waals surface area contributed by atoms with Gasteiger partial charge in [-0.3, -0.25) is 4.57 Å². The van der Waals surface area contributed by atoms with Crippen LogP contribution in [0.5, 0.6) is 0 Å². The Morgan fingerprint density at radius 3 is 2.71 bits per heavy atom. The van der Waals surface area contributed by atoms with Crippen LogP contribution in [0, 0.1) is 0 Å². The number of pyridine rings is 1. The topological polar surface area (TPSA) is 65.6 Å². The summed E-state index contributed by atoms with van der Waals surface area (Å²) in [4.78, 5) is 24.9. The molecule has 3 heterocycles. The maximum Gasteiger partial charge on any atom is 0.354 e. The molecule has 0 aliphatic heterocycles. The average molecular weight is 281 g/mol. The van der Waals surface area contributed by atoms with E-state index in [2.05, 4.69) is 19.5 Å². The molecule has 6 heteroatoms. The summed E-state index contributed by atoms with van der Waals surface area (Å²) in [6.07, 6.45) is 9.60. The molecule has 0 spiro atoms. The van der Waals surface area contributed by atoms with E-state index < -0.39 is 0 Å². The number of aromatic nitrogens is 5. The molecule has 0 N–H and O–H groups in total. The highest BCUT2D eigenvalue weighted by Gasteiger charge is 2.24. The minimum Gasteiger partial charge on any atom is -0.291 e.